The highest BCUT2D eigenvalue weighted by atomic mass is 32.2. The number of sulfonamides is 1. The number of carbonyl (C=O) groups is 1. The number of nitrogens with zero attached hydrogens (tertiary/aromatic N) is 1. The quantitative estimate of drug-likeness (QED) is 0.401. The molecule has 192 valence electrons. The second kappa shape index (κ2) is 9.90. The lowest BCUT2D eigenvalue weighted by atomic mass is 9.90. The summed E-state index contributed by atoms with van der Waals surface area (Å²) in [6.07, 6.45) is 3.62. The topological polar surface area (TPSA) is 101 Å². The van der Waals surface area contributed by atoms with E-state index in [9.17, 15) is 18.3 Å². The Kier molecular flexibility index (Phi) is 7.02. The first-order chi connectivity index (χ1) is 17.4. The zero-order valence-electron chi connectivity index (χ0n) is 21.4. The van der Waals surface area contributed by atoms with Gasteiger partial charge >= 0.3 is 5.97 Å². The van der Waals surface area contributed by atoms with Crippen molar-refractivity contribution in [1.82, 2.24) is 4.31 Å². The highest BCUT2D eigenvalue weighted by molar-refractivity contribution is 7.89. The van der Waals surface area contributed by atoms with E-state index in [1.165, 1.54) is 39.7 Å². The molecule has 0 heterocycles. The molecule has 0 atom stereocenters. The summed E-state index contributed by atoms with van der Waals surface area (Å²) in [5.74, 6) is -1.03. The molecule has 0 aliphatic heterocycles. The van der Waals surface area contributed by atoms with Crippen molar-refractivity contribution in [3.05, 3.63) is 113 Å². The van der Waals surface area contributed by atoms with Crippen molar-refractivity contribution < 1.29 is 18.3 Å². The van der Waals surface area contributed by atoms with Crippen LogP contribution in [0.5, 0.6) is 0 Å². The highest BCUT2D eigenvalue weighted by Gasteiger charge is 2.31. The number of hydrogen-bond donors (Lipinski definition) is 2. The normalized spacial score (nSPS) is 15.0. The molecule has 0 unspecified atom stereocenters. The summed E-state index contributed by atoms with van der Waals surface area (Å²) in [5, 5.41) is 9.24. The molecule has 0 radical (unpaired) electrons. The van der Waals surface area contributed by atoms with Crippen molar-refractivity contribution in [2.24, 2.45) is 11.1 Å². The number of aromatic carboxylic acids is 1. The number of carboxylic acid groups (broad SMARTS) is 1. The molecular formula is C30H32N2O4S. The largest absolute Gasteiger partial charge is 0.478 e. The third-order valence-electron chi connectivity index (χ3n) is 6.86. The fourth-order valence-corrected chi connectivity index (χ4v) is 6.36. The molecule has 7 heteroatoms. The van der Waals surface area contributed by atoms with Crippen molar-refractivity contribution in [1.29, 1.82) is 0 Å². The van der Waals surface area contributed by atoms with E-state index in [0.717, 1.165) is 29.5 Å². The van der Waals surface area contributed by atoms with E-state index in [-0.39, 0.29) is 28.2 Å². The van der Waals surface area contributed by atoms with Gasteiger partial charge in [0.05, 0.1) is 17.0 Å². The fraction of sp³-hybridized carbons (Fsp3) is 0.233. The maximum atomic E-state index is 13.9. The van der Waals surface area contributed by atoms with Crippen LogP contribution in [-0.2, 0) is 29.4 Å². The zero-order chi connectivity index (χ0) is 27.0. The van der Waals surface area contributed by atoms with Crippen molar-refractivity contribution in [2.45, 2.75) is 45.1 Å². The van der Waals surface area contributed by atoms with Gasteiger partial charge in [-0.3, -0.25) is 0 Å². The first kappa shape index (κ1) is 26.2. The molecular weight excluding hydrogens is 484 g/mol. The number of allylic oxidation sites excluding steroid dienone is 1. The Morgan fingerprint density at radius 3 is 2.35 bits per heavy atom. The van der Waals surface area contributed by atoms with Crippen molar-refractivity contribution >= 4 is 27.6 Å². The predicted octanol–water partition coefficient (Wildman–Crippen LogP) is 5.69. The van der Waals surface area contributed by atoms with Gasteiger partial charge in [0.2, 0.25) is 0 Å². The fourth-order valence-electron chi connectivity index (χ4n) is 4.91. The molecule has 6 nitrogen and oxygen atoms in total. The van der Waals surface area contributed by atoms with Crippen molar-refractivity contribution in [2.75, 3.05) is 0 Å². The van der Waals surface area contributed by atoms with Crippen LogP contribution in [0.25, 0.3) is 11.6 Å². The number of benzene rings is 3. The molecule has 0 spiro atoms. The van der Waals surface area contributed by atoms with E-state index in [2.05, 4.69) is 32.6 Å². The van der Waals surface area contributed by atoms with Crippen LogP contribution >= 0.6 is 0 Å². The second-order valence-corrected chi connectivity index (χ2v) is 12.1. The van der Waals surface area contributed by atoms with Crippen LogP contribution < -0.4 is 5.73 Å². The van der Waals surface area contributed by atoms with Gasteiger partial charge in [-0.1, -0.05) is 69.0 Å². The summed E-state index contributed by atoms with van der Waals surface area (Å²) in [7, 11) is -4.12. The molecule has 3 N–H and O–H groups in total. The lowest BCUT2D eigenvalue weighted by Gasteiger charge is -2.27. The minimum absolute atomic E-state index is 0.00587. The van der Waals surface area contributed by atoms with Crippen molar-refractivity contribution in [3.8, 4) is 0 Å². The van der Waals surface area contributed by atoms with Crippen LogP contribution in [0.3, 0.4) is 0 Å². The summed E-state index contributed by atoms with van der Waals surface area (Å²) in [6.45, 7) is 10.1. The summed E-state index contributed by atoms with van der Waals surface area (Å²) >= 11 is 0. The molecule has 37 heavy (non-hydrogen) atoms. The summed E-state index contributed by atoms with van der Waals surface area (Å²) in [5.41, 5.74) is 12.4. The Bertz CT molecular complexity index is 1500. The minimum Gasteiger partial charge on any atom is -0.478 e. The van der Waals surface area contributed by atoms with Gasteiger partial charge < -0.3 is 10.8 Å². The monoisotopic (exact) mass is 516 g/mol. The van der Waals surface area contributed by atoms with Crippen LogP contribution in [0.15, 0.2) is 84.0 Å². The third-order valence-corrected chi connectivity index (χ3v) is 8.64. The van der Waals surface area contributed by atoms with E-state index >= 15 is 0 Å². The van der Waals surface area contributed by atoms with Crippen LogP contribution in [0, 0.1) is 5.41 Å². The maximum absolute atomic E-state index is 13.9. The Balaban J connectivity index is 1.82. The van der Waals surface area contributed by atoms with Crippen LogP contribution in [0.1, 0.15) is 58.9 Å². The van der Waals surface area contributed by atoms with Gasteiger partial charge in [0.25, 0.3) is 10.0 Å². The number of carboxylic acids is 1. The molecule has 3 aromatic rings. The summed E-state index contributed by atoms with van der Waals surface area (Å²) < 4.78 is 29.1. The average Bonchev–Trinajstić information content (AvgIpc) is 3.19. The van der Waals surface area contributed by atoms with Gasteiger partial charge in [-0.25, -0.2) is 17.5 Å². The highest BCUT2D eigenvalue weighted by Crippen LogP contribution is 2.37. The maximum Gasteiger partial charge on any atom is 0.335 e. The molecule has 0 fully saturated rings. The van der Waals surface area contributed by atoms with Gasteiger partial charge in [-0.15, -0.1) is 0 Å². The molecule has 0 saturated carbocycles. The number of fused-ring (bicyclic) bond motifs is 1. The standard InChI is InChI=1S/C30H32N2O4S/c1-5-22-8-6-7-9-27(22)20(2)28(31)32(37(35,36)26-14-12-23(13-15-26)29(33)34)19-21-10-11-24-17-30(3,4)18-25(24)16-21/h5-16H,1,17-19,31H2,2-4H3,(H,33,34)/b28-20+. The van der Waals surface area contributed by atoms with Crippen LogP contribution in [-0.4, -0.2) is 23.8 Å². The smallest absolute Gasteiger partial charge is 0.335 e. The Labute approximate surface area is 218 Å². The molecule has 1 aliphatic rings. The molecule has 3 aromatic carbocycles. The third kappa shape index (κ3) is 5.32. The number of nitrogens with two attached hydrogens (primary N) is 1. The number of rotatable bonds is 8. The minimum atomic E-state index is -4.12. The molecule has 1 aliphatic carbocycles. The summed E-state index contributed by atoms with van der Waals surface area (Å²) in [4.78, 5) is 11.3. The molecule has 0 aromatic heterocycles. The lowest BCUT2D eigenvalue weighted by molar-refractivity contribution is 0.0696. The second-order valence-electron chi connectivity index (χ2n) is 10.3. The van der Waals surface area contributed by atoms with E-state index in [0.29, 0.717) is 5.57 Å². The van der Waals surface area contributed by atoms with Gasteiger partial charge in [-0.05, 0) is 82.8 Å². The molecule has 0 saturated heterocycles. The van der Waals surface area contributed by atoms with Gasteiger partial charge in [0.15, 0.2) is 0 Å². The molecule has 0 bridgehead atoms. The van der Waals surface area contributed by atoms with Gasteiger partial charge in [-0.2, -0.15) is 0 Å². The molecule has 4 rings (SSSR count). The van der Waals surface area contributed by atoms with E-state index in [1.807, 2.05) is 30.3 Å². The van der Waals surface area contributed by atoms with Gasteiger partial charge in [0.1, 0.15) is 5.82 Å². The number of hydrogen-bond acceptors (Lipinski definition) is 4. The van der Waals surface area contributed by atoms with Gasteiger partial charge in [0, 0.05) is 0 Å². The first-order valence-corrected chi connectivity index (χ1v) is 13.5. The predicted molar refractivity (Wildman–Crippen MR) is 147 cm³/mol. The van der Waals surface area contributed by atoms with Crippen LogP contribution in [0.2, 0.25) is 0 Å². The zero-order valence-corrected chi connectivity index (χ0v) is 22.2. The van der Waals surface area contributed by atoms with Crippen LogP contribution in [0.4, 0.5) is 0 Å². The Hall–Kier alpha value is -3.84. The average molecular weight is 517 g/mol. The SMILES string of the molecule is C=Cc1ccccc1/C(C)=C(\N)N(Cc1ccc2c(c1)CC(C)(C)C2)S(=O)(=O)c1ccc(C(=O)O)cc1. The van der Waals surface area contributed by atoms with Crippen molar-refractivity contribution in [3.63, 3.8) is 0 Å². The van der Waals surface area contributed by atoms with E-state index in [4.69, 9.17) is 5.73 Å². The molecule has 0 amide bonds. The van der Waals surface area contributed by atoms with E-state index < -0.39 is 16.0 Å². The first-order valence-electron chi connectivity index (χ1n) is 12.1. The lowest BCUT2D eigenvalue weighted by Crippen LogP contribution is -2.34. The van der Waals surface area contributed by atoms with E-state index in [1.54, 1.807) is 13.0 Å². The Morgan fingerprint density at radius 2 is 1.70 bits per heavy atom. The Morgan fingerprint density at radius 1 is 1.05 bits per heavy atom. The summed E-state index contributed by atoms with van der Waals surface area (Å²) in [6, 6.07) is 18.8.